The van der Waals surface area contributed by atoms with Crippen LogP contribution in [0.2, 0.25) is 0 Å². The average molecular weight is 254 g/mol. The number of carbonyl (C=O) groups excluding carboxylic acids is 1. The maximum absolute atomic E-state index is 11.1. The standard InChI is InChI=1S/C11H18N4OS/c1-2-13-10(16)8-15-11(12)14-6-5-9-4-3-7-17-9/h3-4,7H,2,5-6,8H2,1H3,(H,13,16)(H3,12,14,15). The molecule has 0 fully saturated rings. The number of rotatable bonds is 6. The van der Waals surface area contributed by atoms with Gasteiger partial charge in [-0.05, 0) is 24.8 Å². The van der Waals surface area contributed by atoms with Crippen molar-refractivity contribution in [3.63, 3.8) is 0 Å². The fourth-order valence-electron chi connectivity index (χ4n) is 1.23. The first-order chi connectivity index (χ1) is 8.22. The van der Waals surface area contributed by atoms with Gasteiger partial charge in [0.25, 0.3) is 0 Å². The molecule has 0 aromatic carbocycles. The Morgan fingerprint density at radius 3 is 3.00 bits per heavy atom. The summed E-state index contributed by atoms with van der Waals surface area (Å²) in [5.41, 5.74) is 5.62. The van der Waals surface area contributed by atoms with Crippen LogP contribution in [-0.2, 0) is 11.2 Å². The lowest BCUT2D eigenvalue weighted by atomic mass is 10.3. The second kappa shape index (κ2) is 7.67. The number of hydrogen-bond donors (Lipinski definition) is 3. The van der Waals surface area contributed by atoms with Crippen LogP contribution in [-0.4, -0.2) is 31.5 Å². The molecular formula is C11H18N4OS. The summed E-state index contributed by atoms with van der Waals surface area (Å²) >= 11 is 1.71. The van der Waals surface area contributed by atoms with Crippen LogP contribution < -0.4 is 16.4 Å². The molecule has 0 spiro atoms. The van der Waals surface area contributed by atoms with E-state index in [1.807, 2.05) is 18.4 Å². The Kier molecular flexibility index (Phi) is 6.09. The van der Waals surface area contributed by atoms with E-state index >= 15 is 0 Å². The van der Waals surface area contributed by atoms with Crippen molar-refractivity contribution in [2.24, 2.45) is 10.7 Å². The van der Waals surface area contributed by atoms with E-state index in [4.69, 9.17) is 5.73 Å². The molecule has 0 unspecified atom stereocenters. The van der Waals surface area contributed by atoms with Crippen LogP contribution in [0.5, 0.6) is 0 Å². The minimum Gasteiger partial charge on any atom is -0.370 e. The normalized spacial score (nSPS) is 11.2. The molecule has 1 aromatic rings. The largest absolute Gasteiger partial charge is 0.370 e. The van der Waals surface area contributed by atoms with Gasteiger partial charge < -0.3 is 16.4 Å². The van der Waals surface area contributed by atoms with Crippen LogP contribution in [0.3, 0.4) is 0 Å². The minimum absolute atomic E-state index is 0.0751. The second-order valence-electron chi connectivity index (χ2n) is 3.41. The maximum Gasteiger partial charge on any atom is 0.241 e. The summed E-state index contributed by atoms with van der Waals surface area (Å²) in [4.78, 5) is 16.3. The zero-order valence-corrected chi connectivity index (χ0v) is 10.7. The zero-order chi connectivity index (χ0) is 12.5. The van der Waals surface area contributed by atoms with Crippen molar-refractivity contribution in [2.45, 2.75) is 13.3 Å². The first-order valence-corrected chi connectivity index (χ1v) is 6.43. The summed E-state index contributed by atoms with van der Waals surface area (Å²) in [5.74, 6) is 0.198. The van der Waals surface area contributed by atoms with Crippen molar-refractivity contribution < 1.29 is 4.79 Å². The van der Waals surface area contributed by atoms with Crippen LogP contribution in [0.15, 0.2) is 22.5 Å². The van der Waals surface area contributed by atoms with E-state index in [1.165, 1.54) is 4.88 Å². The van der Waals surface area contributed by atoms with E-state index in [2.05, 4.69) is 21.7 Å². The smallest absolute Gasteiger partial charge is 0.241 e. The van der Waals surface area contributed by atoms with E-state index in [-0.39, 0.29) is 12.5 Å². The van der Waals surface area contributed by atoms with Crippen molar-refractivity contribution in [2.75, 3.05) is 19.6 Å². The lowest BCUT2D eigenvalue weighted by Crippen LogP contribution is -2.35. The summed E-state index contributed by atoms with van der Waals surface area (Å²) in [7, 11) is 0. The number of aliphatic imine (C=N–C) groups is 1. The number of nitrogens with zero attached hydrogens (tertiary/aromatic N) is 1. The molecule has 5 nitrogen and oxygen atoms in total. The quantitative estimate of drug-likeness (QED) is 0.505. The number of nitrogens with two attached hydrogens (primary N) is 1. The molecule has 0 radical (unpaired) electrons. The fourth-order valence-corrected chi connectivity index (χ4v) is 1.94. The van der Waals surface area contributed by atoms with E-state index in [0.717, 1.165) is 13.0 Å². The third-order valence-electron chi connectivity index (χ3n) is 2.02. The summed E-state index contributed by atoms with van der Waals surface area (Å²) in [5, 5.41) is 7.67. The fraction of sp³-hybridized carbons (Fsp3) is 0.455. The first kappa shape index (κ1) is 13.5. The molecule has 94 valence electrons. The van der Waals surface area contributed by atoms with Crippen molar-refractivity contribution >= 4 is 23.2 Å². The minimum atomic E-state index is -0.115. The van der Waals surface area contributed by atoms with Gasteiger partial charge in [0.15, 0.2) is 5.96 Å². The van der Waals surface area contributed by atoms with Gasteiger partial charge in [-0.15, -0.1) is 11.3 Å². The Morgan fingerprint density at radius 2 is 2.35 bits per heavy atom. The third-order valence-corrected chi connectivity index (χ3v) is 2.96. The molecule has 1 aromatic heterocycles. The molecule has 6 heteroatoms. The summed E-state index contributed by atoms with van der Waals surface area (Å²) in [6.07, 6.45) is 0.912. The molecule has 17 heavy (non-hydrogen) atoms. The maximum atomic E-state index is 11.1. The van der Waals surface area contributed by atoms with Gasteiger partial charge in [0.05, 0.1) is 0 Å². The molecule has 4 N–H and O–H groups in total. The summed E-state index contributed by atoms with van der Waals surface area (Å²) in [6, 6.07) is 4.10. The Hall–Kier alpha value is -1.56. The molecule has 1 rings (SSSR count). The number of thiophene rings is 1. The second-order valence-corrected chi connectivity index (χ2v) is 4.44. The molecule has 0 atom stereocenters. The highest BCUT2D eigenvalue weighted by atomic mass is 32.1. The van der Waals surface area contributed by atoms with Crippen LogP contribution in [0, 0.1) is 0 Å². The predicted octanol–water partition coefficient (Wildman–Crippen LogP) is 0.331. The zero-order valence-electron chi connectivity index (χ0n) is 9.90. The van der Waals surface area contributed by atoms with Crippen LogP contribution in [0.1, 0.15) is 11.8 Å². The van der Waals surface area contributed by atoms with E-state index in [9.17, 15) is 4.79 Å². The van der Waals surface area contributed by atoms with Crippen LogP contribution in [0.25, 0.3) is 0 Å². The van der Waals surface area contributed by atoms with Gasteiger partial charge in [-0.1, -0.05) is 6.07 Å². The Labute approximate surface area is 105 Å². The van der Waals surface area contributed by atoms with E-state index in [0.29, 0.717) is 12.5 Å². The van der Waals surface area contributed by atoms with Gasteiger partial charge in [0.2, 0.25) is 5.91 Å². The van der Waals surface area contributed by atoms with Gasteiger partial charge in [-0.3, -0.25) is 4.79 Å². The molecule has 0 aliphatic rings. The van der Waals surface area contributed by atoms with Gasteiger partial charge in [0, 0.05) is 18.0 Å². The number of guanidine groups is 1. The van der Waals surface area contributed by atoms with Crippen LogP contribution in [0.4, 0.5) is 0 Å². The average Bonchev–Trinajstić information content (AvgIpc) is 2.80. The highest BCUT2D eigenvalue weighted by Crippen LogP contribution is 2.07. The van der Waals surface area contributed by atoms with E-state index in [1.54, 1.807) is 11.3 Å². The molecule has 1 heterocycles. The molecule has 0 saturated carbocycles. The molecule has 0 bridgehead atoms. The highest BCUT2D eigenvalue weighted by Gasteiger charge is 1.98. The lowest BCUT2D eigenvalue weighted by molar-refractivity contribution is -0.119. The van der Waals surface area contributed by atoms with Crippen molar-refractivity contribution in [1.82, 2.24) is 10.6 Å². The molecule has 0 aliphatic carbocycles. The topological polar surface area (TPSA) is 79.5 Å². The summed E-state index contributed by atoms with van der Waals surface area (Å²) < 4.78 is 0. The van der Waals surface area contributed by atoms with Crippen LogP contribution >= 0.6 is 11.3 Å². The van der Waals surface area contributed by atoms with Crippen molar-refractivity contribution in [3.05, 3.63) is 22.4 Å². The number of amides is 1. The van der Waals surface area contributed by atoms with Crippen molar-refractivity contribution in [1.29, 1.82) is 0 Å². The predicted molar refractivity (Wildman–Crippen MR) is 71.2 cm³/mol. The van der Waals surface area contributed by atoms with Gasteiger partial charge in [-0.2, -0.15) is 0 Å². The monoisotopic (exact) mass is 254 g/mol. The van der Waals surface area contributed by atoms with E-state index < -0.39 is 0 Å². The highest BCUT2D eigenvalue weighted by molar-refractivity contribution is 7.09. The number of hydrogen-bond acceptors (Lipinski definition) is 3. The summed E-state index contributed by atoms with van der Waals surface area (Å²) in [6.45, 7) is 3.28. The number of nitrogens with one attached hydrogen (secondary N) is 2. The van der Waals surface area contributed by atoms with Crippen molar-refractivity contribution in [3.8, 4) is 0 Å². The lowest BCUT2D eigenvalue weighted by Gasteiger charge is -2.04. The first-order valence-electron chi connectivity index (χ1n) is 5.55. The molecular weight excluding hydrogens is 236 g/mol. The SMILES string of the molecule is CCNC(=O)CN=C(N)NCCc1cccs1. The van der Waals surface area contributed by atoms with Gasteiger partial charge >= 0.3 is 0 Å². The number of likely N-dealkylation sites (N-methyl/N-ethyl adjacent to an activating group) is 1. The molecule has 0 aliphatic heterocycles. The Morgan fingerprint density at radius 1 is 1.53 bits per heavy atom. The number of carbonyl (C=O) groups is 1. The molecule has 0 saturated heterocycles. The third kappa shape index (κ3) is 5.91. The molecule has 1 amide bonds. The van der Waals surface area contributed by atoms with Gasteiger partial charge in [0.1, 0.15) is 6.54 Å². The Bertz CT molecular complexity index is 362. The Balaban J connectivity index is 2.17. The van der Waals surface area contributed by atoms with Gasteiger partial charge in [-0.25, -0.2) is 4.99 Å².